The number of nitrogens with zero attached hydrogens (tertiary/aromatic N) is 4. The maximum atomic E-state index is 13.1. The second-order valence-electron chi connectivity index (χ2n) is 7.52. The van der Waals surface area contributed by atoms with Gasteiger partial charge in [-0.25, -0.2) is 9.37 Å². The third kappa shape index (κ3) is 5.16. The number of thioether (sulfide) groups is 1. The maximum Gasteiger partial charge on any atom is 0.271 e. The van der Waals surface area contributed by atoms with Gasteiger partial charge in [0.1, 0.15) is 22.3 Å². The van der Waals surface area contributed by atoms with Crippen molar-refractivity contribution in [2.24, 2.45) is 0 Å². The number of benzene rings is 2. The van der Waals surface area contributed by atoms with Crippen LogP contribution >= 0.6 is 23.1 Å². The van der Waals surface area contributed by atoms with Crippen LogP contribution in [0.25, 0.3) is 17.3 Å². The van der Waals surface area contributed by atoms with E-state index < -0.39 is 0 Å². The highest BCUT2D eigenvalue weighted by Gasteiger charge is 2.21. The van der Waals surface area contributed by atoms with Crippen LogP contribution in [0.5, 0.6) is 5.75 Å². The minimum absolute atomic E-state index is 0.288. The number of methoxy groups -OCH3 is 1. The first kappa shape index (κ1) is 23.8. The Labute approximate surface area is 214 Å². The number of hydrogen-bond acceptors (Lipinski definition) is 8. The molecule has 2 aromatic carbocycles. The van der Waals surface area contributed by atoms with Crippen LogP contribution in [0.2, 0.25) is 0 Å². The molecule has 182 valence electrons. The number of carbonyl (C=O) groups is 1. The number of furan rings is 1. The summed E-state index contributed by atoms with van der Waals surface area (Å²) >= 11 is 2.83. The van der Waals surface area contributed by atoms with E-state index in [1.807, 2.05) is 34.9 Å². The number of aromatic nitrogens is 4. The fourth-order valence-corrected chi connectivity index (χ4v) is 5.18. The predicted octanol–water partition coefficient (Wildman–Crippen LogP) is 5.35. The molecule has 0 aliphatic carbocycles. The average Bonchev–Trinajstić information content (AvgIpc) is 3.67. The third-order valence-corrected chi connectivity index (χ3v) is 7.15. The maximum absolute atomic E-state index is 13.1. The van der Waals surface area contributed by atoms with Crippen LogP contribution in [-0.4, -0.2) is 32.8 Å². The van der Waals surface area contributed by atoms with Crippen LogP contribution in [0, 0.1) is 5.82 Å². The van der Waals surface area contributed by atoms with E-state index in [9.17, 15) is 9.18 Å². The Morgan fingerprint density at radius 1 is 1.14 bits per heavy atom. The summed E-state index contributed by atoms with van der Waals surface area (Å²) in [6.07, 6.45) is 1.58. The fraction of sp³-hybridized carbons (Fsp3) is 0.120. The number of amides is 1. The van der Waals surface area contributed by atoms with E-state index in [0.717, 1.165) is 16.3 Å². The molecule has 0 radical (unpaired) electrons. The van der Waals surface area contributed by atoms with E-state index in [2.05, 4.69) is 20.5 Å². The molecule has 0 bridgehead atoms. The molecule has 0 aliphatic rings. The highest BCUT2D eigenvalue weighted by atomic mass is 32.2. The van der Waals surface area contributed by atoms with E-state index in [0.29, 0.717) is 33.9 Å². The van der Waals surface area contributed by atoms with Gasteiger partial charge in [-0.05, 0) is 42.0 Å². The van der Waals surface area contributed by atoms with Crippen molar-refractivity contribution in [3.8, 4) is 23.0 Å². The number of thiazole rings is 1. The summed E-state index contributed by atoms with van der Waals surface area (Å²) in [6.45, 7) is 0.290. The summed E-state index contributed by atoms with van der Waals surface area (Å²) in [4.78, 5) is 17.0. The van der Waals surface area contributed by atoms with Crippen molar-refractivity contribution in [3.05, 3.63) is 94.4 Å². The lowest BCUT2D eigenvalue weighted by Gasteiger charge is -2.12. The number of halogens is 1. The summed E-state index contributed by atoms with van der Waals surface area (Å²) in [5.74, 6) is 1.68. The highest BCUT2D eigenvalue weighted by Crippen LogP contribution is 2.34. The molecule has 1 amide bonds. The van der Waals surface area contributed by atoms with Gasteiger partial charge < -0.3 is 14.5 Å². The molecule has 8 nitrogen and oxygen atoms in total. The second-order valence-corrected chi connectivity index (χ2v) is 9.40. The van der Waals surface area contributed by atoms with Gasteiger partial charge in [0.05, 0.1) is 24.8 Å². The Balaban J connectivity index is 1.32. The van der Waals surface area contributed by atoms with E-state index in [-0.39, 0.29) is 18.3 Å². The van der Waals surface area contributed by atoms with Gasteiger partial charge >= 0.3 is 0 Å². The topological polar surface area (TPSA) is 95.1 Å². The van der Waals surface area contributed by atoms with Crippen molar-refractivity contribution in [3.63, 3.8) is 0 Å². The van der Waals surface area contributed by atoms with Crippen LogP contribution in [0.1, 0.15) is 21.1 Å². The number of hydrogen-bond donors (Lipinski definition) is 1. The zero-order chi connectivity index (χ0) is 24.9. The Bertz CT molecular complexity index is 1470. The van der Waals surface area contributed by atoms with Gasteiger partial charge in [0.15, 0.2) is 10.9 Å². The van der Waals surface area contributed by atoms with Crippen LogP contribution in [-0.2, 0) is 12.3 Å². The van der Waals surface area contributed by atoms with Crippen molar-refractivity contribution >= 4 is 29.0 Å². The highest BCUT2D eigenvalue weighted by molar-refractivity contribution is 7.98. The summed E-state index contributed by atoms with van der Waals surface area (Å²) in [6, 6.07) is 17.2. The second kappa shape index (κ2) is 10.8. The molecule has 0 saturated heterocycles. The number of ether oxygens (including phenoxy) is 1. The van der Waals surface area contributed by atoms with Gasteiger partial charge in [-0.15, -0.1) is 21.5 Å². The Kier molecular flexibility index (Phi) is 7.10. The Morgan fingerprint density at radius 2 is 1.97 bits per heavy atom. The molecule has 3 aromatic heterocycles. The van der Waals surface area contributed by atoms with Gasteiger partial charge in [0.25, 0.3) is 5.91 Å². The summed E-state index contributed by atoms with van der Waals surface area (Å²) < 4.78 is 26.1. The lowest BCUT2D eigenvalue weighted by atomic mass is 10.2. The largest absolute Gasteiger partial charge is 0.495 e. The van der Waals surface area contributed by atoms with Gasteiger partial charge in [-0.3, -0.25) is 9.36 Å². The summed E-state index contributed by atoms with van der Waals surface area (Å²) in [5.41, 5.74) is 1.91. The normalized spacial score (nSPS) is 10.9. The zero-order valence-electron chi connectivity index (χ0n) is 19.1. The van der Waals surface area contributed by atoms with Crippen LogP contribution in [0.15, 0.2) is 81.9 Å². The van der Waals surface area contributed by atoms with Crippen molar-refractivity contribution in [2.45, 2.75) is 17.5 Å². The van der Waals surface area contributed by atoms with Crippen LogP contribution < -0.4 is 10.1 Å². The standard InChI is InChI=1S/C25H20FN5O3S2/c1-33-20-6-3-2-5-19(20)31-23(21-7-4-12-34-21)29-30-25(31)36-15-22-28-18(14-35-22)24(32)27-13-16-8-10-17(26)11-9-16/h2-12,14H,13,15H2,1H3,(H,27,32). The molecule has 0 unspecified atom stereocenters. The SMILES string of the molecule is COc1ccccc1-n1c(SCc2nc(C(=O)NCc3ccc(F)cc3)cs2)nnc1-c1ccco1. The van der Waals surface area contributed by atoms with Crippen LogP contribution in [0.4, 0.5) is 4.39 Å². The van der Waals surface area contributed by atoms with Gasteiger partial charge in [0.2, 0.25) is 5.82 Å². The van der Waals surface area contributed by atoms with E-state index in [1.165, 1.54) is 35.2 Å². The van der Waals surface area contributed by atoms with Crippen molar-refractivity contribution in [2.75, 3.05) is 7.11 Å². The molecule has 36 heavy (non-hydrogen) atoms. The molecule has 5 aromatic rings. The molecule has 3 heterocycles. The first-order valence-corrected chi connectivity index (χ1v) is 12.7. The summed E-state index contributed by atoms with van der Waals surface area (Å²) in [7, 11) is 1.61. The first-order valence-electron chi connectivity index (χ1n) is 10.8. The van der Waals surface area contributed by atoms with Crippen molar-refractivity contribution in [1.29, 1.82) is 0 Å². The molecule has 0 aliphatic heterocycles. The predicted molar refractivity (Wildman–Crippen MR) is 135 cm³/mol. The molecule has 5 rings (SSSR count). The molecular weight excluding hydrogens is 501 g/mol. The molecule has 0 atom stereocenters. The Hall–Kier alpha value is -3.96. The monoisotopic (exact) mass is 521 g/mol. The van der Waals surface area contributed by atoms with E-state index >= 15 is 0 Å². The molecule has 0 fully saturated rings. The van der Waals surface area contributed by atoms with Gasteiger partial charge in [-0.1, -0.05) is 36.0 Å². The quantitative estimate of drug-likeness (QED) is 0.261. The minimum atomic E-state index is -0.315. The Morgan fingerprint density at radius 3 is 2.75 bits per heavy atom. The first-order chi connectivity index (χ1) is 17.6. The van der Waals surface area contributed by atoms with E-state index in [1.54, 1.807) is 37.0 Å². The van der Waals surface area contributed by atoms with Gasteiger partial charge in [0, 0.05) is 11.9 Å². The lowest BCUT2D eigenvalue weighted by molar-refractivity contribution is 0.0946. The zero-order valence-corrected chi connectivity index (χ0v) is 20.7. The molecular formula is C25H20FN5O3S2. The number of carbonyl (C=O) groups excluding carboxylic acids is 1. The third-order valence-electron chi connectivity index (χ3n) is 5.18. The minimum Gasteiger partial charge on any atom is -0.495 e. The van der Waals surface area contributed by atoms with Crippen molar-refractivity contribution in [1.82, 2.24) is 25.1 Å². The van der Waals surface area contributed by atoms with E-state index in [4.69, 9.17) is 9.15 Å². The smallest absolute Gasteiger partial charge is 0.271 e. The number of rotatable bonds is 9. The van der Waals surface area contributed by atoms with Crippen LogP contribution in [0.3, 0.4) is 0 Å². The lowest BCUT2D eigenvalue weighted by Crippen LogP contribution is -2.23. The van der Waals surface area contributed by atoms with Crippen molar-refractivity contribution < 1.29 is 18.3 Å². The summed E-state index contributed by atoms with van der Waals surface area (Å²) in [5, 5.41) is 14.7. The number of nitrogens with one attached hydrogen (secondary N) is 1. The van der Waals surface area contributed by atoms with Gasteiger partial charge in [-0.2, -0.15) is 0 Å². The average molecular weight is 522 g/mol. The molecule has 11 heteroatoms. The molecule has 1 N–H and O–H groups in total. The molecule has 0 spiro atoms. The molecule has 0 saturated carbocycles. The number of para-hydroxylation sites is 2. The fourth-order valence-electron chi connectivity index (χ4n) is 3.44.